The molecule has 0 spiro atoms. The summed E-state index contributed by atoms with van der Waals surface area (Å²) in [6, 6.07) is 5.67. The van der Waals surface area contributed by atoms with Crippen molar-refractivity contribution in [2.24, 2.45) is 0 Å². The van der Waals surface area contributed by atoms with E-state index in [9.17, 15) is 14.7 Å². The normalized spacial score (nSPS) is 11.9. The fraction of sp³-hybridized carbons (Fsp3) is 0.188. The molecule has 0 radical (unpaired) electrons. The van der Waals surface area contributed by atoms with Gasteiger partial charge in [0.2, 0.25) is 0 Å². The van der Waals surface area contributed by atoms with Crippen LogP contribution in [-0.4, -0.2) is 41.7 Å². The summed E-state index contributed by atoms with van der Waals surface area (Å²) in [5.74, 6) is -0.678. The summed E-state index contributed by atoms with van der Waals surface area (Å²) in [6.45, 7) is -0.563. The third-order valence-electron chi connectivity index (χ3n) is 3.42. The Labute approximate surface area is 146 Å². The molecule has 0 aliphatic carbocycles. The summed E-state index contributed by atoms with van der Waals surface area (Å²) in [7, 11) is 1.50. The van der Waals surface area contributed by atoms with Gasteiger partial charge in [-0.15, -0.1) is 11.3 Å². The predicted molar refractivity (Wildman–Crippen MR) is 91.8 cm³/mol. The number of nitrogens with zero attached hydrogens (tertiary/aromatic N) is 1. The minimum Gasteiger partial charge on any atom is -0.493 e. The van der Waals surface area contributed by atoms with E-state index in [-0.39, 0.29) is 5.76 Å². The highest BCUT2D eigenvalue weighted by atomic mass is 32.1. The van der Waals surface area contributed by atoms with Crippen molar-refractivity contribution in [3.05, 3.63) is 41.6 Å². The molecular formula is C16H15N3O5S. The van der Waals surface area contributed by atoms with E-state index in [1.54, 1.807) is 29.6 Å². The number of furan rings is 1. The number of para-hydroxylation sites is 1. The number of thiazole rings is 1. The van der Waals surface area contributed by atoms with Gasteiger partial charge in [-0.05, 0) is 12.1 Å². The van der Waals surface area contributed by atoms with Gasteiger partial charge in [0.25, 0.3) is 11.8 Å². The Bertz CT molecular complexity index is 890. The SMILES string of the molecule is COc1cccc2cc(C(=O)NC(CO)C(=O)Nc3nccs3)oc12. The highest BCUT2D eigenvalue weighted by Crippen LogP contribution is 2.28. The minimum absolute atomic E-state index is 0.0139. The lowest BCUT2D eigenvalue weighted by molar-refractivity contribution is -0.118. The van der Waals surface area contributed by atoms with Crippen LogP contribution in [0.2, 0.25) is 0 Å². The van der Waals surface area contributed by atoms with Crippen LogP contribution in [0.25, 0.3) is 11.0 Å². The number of hydrogen-bond donors (Lipinski definition) is 3. The largest absolute Gasteiger partial charge is 0.493 e. The highest BCUT2D eigenvalue weighted by Gasteiger charge is 2.23. The lowest BCUT2D eigenvalue weighted by atomic mass is 10.2. The van der Waals surface area contributed by atoms with Crippen molar-refractivity contribution in [3.63, 3.8) is 0 Å². The molecule has 1 unspecified atom stereocenters. The molecule has 1 aromatic carbocycles. The van der Waals surface area contributed by atoms with Gasteiger partial charge in [0.1, 0.15) is 6.04 Å². The molecule has 9 heteroatoms. The summed E-state index contributed by atoms with van der Waals surface area (Å²) in [5.41, 5.74) is 0.433. The molecule has 0 bridgehead atoms. The van der Waals surface area contributed by atoms with Gasteiger partial charge in [-0.2, -0.15) is 0 Å². The second-order valence-corrected chi connectivity index (χ2v) is 5.92. The maximum absolute atomic E-state index is 12.3. The van der Waals surface area contributed by atoms with E-state index in [0.717, 1.165) is 0 Å². The Balaban J connectivity index is 1.74. The Morgan fingerprint density at radius 2 is 2.28 bits per heavy atom. The lowest BCUT2D eigenvalue weighted by Crippen LogP contribution is -2.46. The van der Waals surface area contributed by atoms with E-state index in [0.29, 0.717) is 21.9 Å². The van der Waals surface area contributed by atoms with E-state index in [1.165, 1.54) is 24.6 Å². The first kappa shape index (κ1) is 16.9. The van der Waals surface area contributed by atoms with Crippen LogP contribution in [0.5, 0.6) is 5.75 Å². The molecule has 1 atom stereocenters. The number of aliphatic hydroxyl groups excluding tert-OH is 1. The predicted octanol–water partition coefficient (Wildman–Crippen LogP) is 1.63. The molecule has 3 aromatic rings. The van der Waals surface area contributed by atoms with Crippen molar-refractivity contribution in [2.45, 2.75) is 6.04 Å². The average molecular weight is 361 g/mol. The monoisotopic (exact) mass is 361 g/mol. The molecule has 0 saturated carbocycles. The van der Waals surface area contributed by atoms with Crippen molar-refractivity contribution >= 4 is 39.3 Å². The Kier molecular flexibility index (Phi) is 4.96. The topological polar surface area (TPSA) is 114 Å². The zero-order valence-corrected chi connectivity index (χ0v) is 14.0. The van der Waals surface area contributed by atoms with Gasteiger partial charge >= 0.3 is 0 Å². The number of methoxy groups -OCH3 is 1. The van der Waals surface area contributed by atoms with Crippen LogP contribution in [0.3, 0.4) is 0 Å². The van der Waals surface area contributed by atoms with Crippen LogP contribution in [0.15, 0.2) is 40.3 Å². The van der Waals surface area contributed by atoms with Gasteiger partial charge in [-0.25, -0.2) is 4.98 Å². The van der Waals surface area contributed by atoms with E-state index < -0.39 is 24.5 Å². The van der Waals surface area contributed by atoms with Crippen LogP contribution in [0.1, 0.15) is 10.6 Å². The van der Waals surface area contributed by atoms with Gasteiger partial charge in [0.05, 0.1) is 13.7 Å². The first-order valence-electron chi connectivity index (χ1n) is 7.31. The quantitative estimate of drug-likeness (QED) is 0.615. The number of benzene rings is 1. The van der Waals surface area contributed by atoms with Gasteiger partial charge in [0.15, 0.2) is 22.2 Å². The van der Waals surface area contributed by atoms with Gasteiger partial charge in [-0.3, -0.25) is 9.59 Å². The smallest absolute Gasteiger partial charge is 0.287 e. The zero-order valence-electron chi connectivity index (χ0n) is 13.2. The number of hydrogen-bond acceptors (Lipinski definition) is 7. The van der Waals surface area contributed by atoms with Crippen LogP contribution in [0.4, 0.5) is 5.13 Å². The third kappa shape index (κ3) is 3.62. The molecule has 2 aromatic heterocycles. The minimum atomic E-state index is -1.13. The van der Waals surface area contributed by atoms with Crippen molar-refractivity contribution in [3.8, 4) is 5.75 Å². The van der Waals surface area contributed by atoms with Gasteiger partial charge < -0.3 is 24.9 Å². The van der Waals surface area contributed by atoms with Crippen molar-refractivity contribution in [1.82, 2.24) is 10.3 Å². The first-order valence-corrected chi connectivity index (χ1v) is 8.19. The number of nitrogens with one attached hydrogen (secondary N) is 2. The number of rotatable bonds is 6. The number of fused-ring (bicyclic) bond motifs is 1. The second-order valence-electron chi connectivity index (χ2n) is 5.02. The van der Waals surface area contributed by atoms with Gasteiger partial charge in [0, 0.05) is 17.0 Å². The van der Waals surface area contributed by atoms with Crippen LogP contribution >= 0.6 is 11.3 Å². The molecule has 130 valence electrons. The van der Waals surface area contributed by atoms with Crippen LogP contribution in [0, 0.1) is 0 Å². The number of amides is 2. The van der Waals surface area contributed by atoms with Gasteiger partial charge in [-0.1, -0.05) is 12.1 Å². The summed E-state index contributed by atoms with van der Waals surface area (Å²) < 4.78 is 10.7. The molecule has 3 rings (SSSR count). The lowest BCUT2D eigenvalue weighted by Gasteiger charge is -2.14. The number of carbonyl (C=O) groups is 2. The number of aliphatic hydroxyl groups is 1. The maximum Gasteiger partial charge on any atom is 0.287 e. The summed E-state index contributed by atoms with van der Waals surface area (Å²) in [5, 5.41) is 17.1. The summed E-state index contributed by atoms with van der Waals surface area (Å²) >= 11 is 1.23. The molecule has 25 heavy (non-hydrogen) atoms. The summed E-state index contributed by atoms with van der Waals surface area (Å²) in [6.07, 6.45) is 1.54. The fourth-order valence-electron chi connectivity index (χ4n) is 2.21. The standard InChI is InChI=1S/C16H15N3O5S/c1-23-11-4-2-3-9-7-12(24-13(9)11)15(22)18-10(8-20)14(21)19-16-17-5-6-25-16/h2-7,10,20H,8H2,1H3,(H,18,22)(H,17,19,21). The molecule has 8 nitrogen and oxygen atoms in total. The Hall–Kier alpha value is -2.91. The first-order chi connectivity index (χ1) is 12.1. The number of ether oxygens (including phenoxy) is 1. The second kappa shape index (κ2) is 7.32. The van der Waals surface area contributed by atoms with Crippen LogP contribution < -0.4 is 15.4 Å². The van der Waals surface area contributed by atoms with Crippen molar-refractivity contribution < 1.29 is 23.8 Å². The Morgan fingerprint density at radius 1 is 1.44 bits per heavy atom. The molecule has 2 amide bonds. The molecule has 3 N–H and O–H groups in total. The molecule has 0 saturated heterocycles. The van der Waals surface area contributed by atoms with E-state index >= 15 is 0 Å². The zero-order chi connectivity index (χ0) is 17.8. The van der Waals surface area contributed by atoms with Crippen molar-refractivity contribution in [1.29, 1.82) is 0 Å². The molecule has 0 aliphatic rings. The fourth-order valence-corrected chi connectivity index (χ4v) is 2.74. The van der Waals surface area contributed by atoms with Crippen molar-refractivity contribution in [2.75, 3.05) is 19.0 Å². The molecular weight excluding hydrogens is 346 g/mol. The van der Waals surface area contributed by atoms with E-state index in [4.69, 9.17) is 9.15 Å². The molecule has 2 heterocycles. The van der Waals surface area contributed by atoms with E-state index in [1.807, 2.05) is 0 Å². The molecule has 0 fully saturated rings. The Morgan fingerprint density at radius 3 is 2.96 bits per heavy atom. The summed E-state index contributed by atoms with van der Waals surface area (Å²) in [4.78, 5) is 28.4. The third-order valence-corrected chi connectivity index (χ3v) is 4.11. The highest BCUT2D eigenvalue weighted by molar-refractivity contribution is 7.13. The number of aromatic nitrogens is 1. The molecule has 0 aliphatic heterocycles. The number of anilines is 1. The van der Waals surface area contributed by atoms with Crippen LogP contribution in [-0.2, 0) is 4.79 Å². The maximum atomic E-state index is 12.3. The average Bonchev–Trinajstić information content (AvgIpc) is 3.28. The van der Waals surface area contributed by atoms with E-state index in [2.05, 4.69) is 15.6 Å². The number of carbonyl (C=O) groups excluding carboxylic acids is 2.